The molecule has 0 spiro atoms. The Balaban J connectivity index is 2.35. The van der Waals surface area contributed by atoms with Crippen molar-refractivity contribution in [3.63, 3.8) is 0 Å². The number of benzene rings is 1. The van der Waals surface area contributed by atoms with Gasteiger partial charge in [-0.25, -0.2) is 4.79 Å². The minimum Gasteiger partial charge on any atom is -0.480 e. The molecule has 1 aromatic rings. The second-order valence-electron chi connectivity index (χ2n) is 5.14. The van der Waals surface area contributed by atoms with Crippen molar-refractivity contribution in [1.29, 1.82) is 0 Å². The third kappa shape index (κ3) is 8.39. The largest absolute Gasteiger partial charge is 0.480 e. The predicted octanol–water partition coefficient (Wildman–Crippen LogP) is 2.37. The van der Waals surface area contributed by atoms with Crippen LogP contribution in [0.3, 0.4) is 0 Å². The van der Waals surface area contributed by atoms with E-state index in [0.717, 1.165) is 0 Å². The van der Waals surface area contributed by atoms with E-state index in [-0.39, 0.29) is 19.4 Å². The lowest BCUT2D eigenvalue weighted by Gasteiger charge is -2.16. The number of halogens is 4. The number of carbonyl (C=O) groups excluding carboxylic acids is 2. The number of hydrogen-bond acceptors (Lipinski definition) is 3. The van der Waals surface area contributed by atoms with Crippen molar-refractivity contribution in [3.8, 4) is 0 Å². The highest BCUT2D eigenvalue weighted by Gasteiger charge is 2.36. The summed E-state index contributed by atoms with van der Waals surface area (Å²) in [6, 6.07) is 4.07. The first-order valence-electron chi connectivity index (χ1n) is 7.21. The van der Waals surface area contributed by atoms with Crippen LogP contribution < -0.4 is 10.6 Å². The van der Waals surface area contributed by atoms with Crippen LogP contribution in [0.1, 0.15) is 29.6 Å². The third-order valence-electron chi connectivity index (χ3n) is 3.04. The van der Waals surface area contributed by atoms with E-state index < -0.39 is 36.4 Å². The van der Waals surface area contributed by atoms with Gasteiger partial charge >= 0.3 is 12.1 Å². The van der Waals surface area contributed by atoms with Crippen LogP contribution >= 0.6 is 11.6 Å². The van der Waals surface area contributed by atoms with Crippen LogP contribution in [0.15, 0.2) is 24.3 Å². The molecule has 6 nitrogen and oxygen atoms in total. The molecular weight excluding hydrogens is 365 g/mol. The van der Waals surface area contributed by atoms with Crippen LogP contribution in [-0.2, 0) is 9.59 Å². The van der Waals surface area contributed by atoms with Gasteiger partial charge in [0.25, 0.3) is 5.91 Å². The monoisotopic (exact) mass is 380 g/mol. The first-order chi connectivity index (χ1) is 11.6. The fourth-order valence-electron chi connectivity index (χ4n) is 1.85. The number of carbonyl (C=O) groups is 3. The molecule has 0 aromatic heterocycles. The summed E-state index contributed by atoms with van der Waals surface area (Å²) >= 11 is 5.69. The van der Waals surface area contributed by atoms with Gasteiger partial charge < -0.3 is 15.7 Å². The van der Waals surface area contributed by atoms with Crippen molar-refractivity contribution in [2.45, 2.75) is 31.5 Å². The van der Waals surface area contributed by atoms with Gasteiger partial charge in [0.1, 0.15) is 6.04 Å². The van der Waals surface area contributed by atoms with Gasteiger partial charge in [0.2, 0.25) is 5.91 Å². The minimum atomic E-state index is -4.71. The maximum atomic E-state index is 12.2. The SMILES string of the molecule is O=C(CCCNC(=O)c1ccc(Cl)cc1)NC(CC(F)(F)F)C(=O)O. The van der Waals surface area contributed by atoms with Gasteiger partial charge in [-0.05, 0) is 30.7 Å². The van der Waals surface area contributed by atoms with Crippen molar-refractivity contribution >= 4 is 29.4 Å². The van der Waals surface area contributed by atoms with Crippen LogP contribution in [0.4, 0.5) is 13.2 Å². The molecule has 1 unspecified atom stereocenters. The number of amides is 2. The number of rotatable bonds is 8. The molecule has 2 amide bonds. The zero-order chi connectivity index (χ0) is 19.0. The fourth-order valence-corrected chi connectivity index (χ4v) is 1.98. The second kappa shape index (κ2) is 9.26. The summed E-state index contributed by atoms with van der Waals surface area (Å²) in [5, 5.41) is 13.5. The normalized spacial score (nSPS) is 12.3. The van der Waals surface area contributed by atoms with Crippen molar-refractivity contribution in [2.75, 3.05) is 6.54 Å². The first-order valence-corrected chi connectivity index (χ1v) is 7.59. The quantitative estimate of drug-likeness (QED) is 0.603. The molecule has 0 bridgehead atoms. The molecule has 0 saturated carbocycles. The smallest absolute Gasteiger partial charge is 0.391 e. The van der Waals surface area contributed by atoms with Crippen LogP contribution in [-0.4, -0.2) is 41.7 Å². The van der Waals surface area contributed by atoms with Gasteiger partial charge in [-0.15, -0.1) is 0 Å². The molecule has 0 aliphatic carbocycles. The number of aliphatic carboxylic acids is 1. The number of nitrogens with one attached hydrogen (secondary N) is 2. The summed E-state index contributed by atoms with van der Waals surface area (Å²) in [7, 11) is 0. The Kier molecular flexibility index (Phi) is 7.69. The molecule has 0 aliphatic heterocycles. The van der Waals surface area contributed by atoms with E-state index in [1.807, 2.05) is 5.32 Å². The summed E-state index contributed by atoms with van der Waals surface area (Å²) in [4.78, 5) is 34.0. The molecule has 3 N–H and O–H groups in total. The lowest BCUT2D eigenvalue weighted by molar-refractivity contribution is -0.160. The predicted molar refractivity (Wildman–Crippen MR) is 83.3 cm³/mol. The average Bonchev–Trinajstić information content (AvgIpc) is 2.50. The summed E-state index contributed by atoms with van der Waals surface area (Å²) in [5.74, 6) is -2.99. The highest BCUT2D eigenvalue weighted by atomic mass is 35.5. The Hall–Kier alpha value is -2.29. The highest BCUT2D eigenvalue weighted by Crippen LogP contribution is 2.21. The maximum Gasteiger partial charge on any atom is 0.391 e. The molecule has 1 atom stereocenters. The standard InChI is InChI=1S/C15H16ClF3N2O4/c16-10-5-3-9(4-6-10)13(23)20-7-1-2-12(22)21-11(14(24)25)8-15(17,18)19/h3-6,11H,1-2,7-8H2,(H,20,23)(H,21,22)(H,24,25). The lowest BCUT2D eigenvalue weighted by atomic mass is 10.2. The van der Waals surface area contributed by atoms with Crippen molar-refractivity contribution in [2.24, 2.45) is 0 Å². The van der Waals surface area contributed by atoms with E-state index >= 15 is 0 Å². The van der Waals surface area contributed by atoms with Crippen molar-refractivity contribution in [1.82, 2.24) is 10.6 Å². The molecule has 1 rings (SSSR count). The third-order valence-corrected chi connectivity index (χ3v) is 3.29. The maximum absolute atomic E-state index is 12.2. The van der Waals surface area contributed by atoms with Crippen LogP contribution in [0.2, 0.25) is 5.02 Å². The molecule has 138 valence electrons. The number of carboxylic acid groups (broad SMARTS) is 1. The van der Waals surface area contributed by atoms with Crippen LogP contribution in [0.5, 0.6) is 0 Å². The highest BCUT2D eigenvalue weighted by molar-refractivity contribution is 6.30. The molecule has 0 fully saturated rings. The number of hydrogen-bond donors (Lipinski definition) is 3. The summed E-state index contributed by atoms with van der Waals surface area (Å²) in [6.07, 6.45) is -6.43. The van der Waals surface area contributed by atoms with E-state index in [4.69, 9.17) is 16.7 Å². The molecule has 1 aromatic carbocycles. The Morgan fingerprint density at radius 1 is 1.16 bits per heavy atom. The molecule has 10 heteroatoms. The number of alkyl halides is 3. The Labute approximate surface area is 146 Å². The lowest BCUT2D eigenvalue weighted by Crippen LogP contribution is -2.43. The molecule has 0 radical (unpaired) electrons. The van der Waals surface area contributed by atoms with Gasteiger partial charge in [-0.3, -0.25) is 9.59 Å². The van der Waals surface area contributed by atoms with Crippen LogP contribution in [0, 0.1) is 0 Å². The topological polar surface area (TPSA) is 95.5 Å². The summed E-state index contributed by atoms with van der Waals surface area (Å²) in [5.41, 5.74) is 0.366. The van der Waals surface area contributed by atoms with Gasteiger partial charge in [0, 0.05) is 23.6 Å². The molecule has 0 heterocycles. The number of carboxylic acids is 1. The van der Waals surface area contributed by atoms with E-state index in [9.17, 15) is 27.6 Å². The molecule has 0 saturated heterocycles. The second-order valence-corrected chi connectivity index (χ2v) is 5.58. The Morgan fingerprint density at radius 2 is 1.76 bits per heavy atom. The zero-order valence-electron chi connectivity index (χ0n) is 12.9. The Bertz CT molecular complexity index is 620. The summed E-state index contributed by atoms with van der Waals surface area (Å²) < 4.78 is 36.7. The average molecular weight is 381 g/mol. The Morgan fingerprint density at radius 3 is 2.28 bits per heavy atom. The minimum absolute atomic E-state index is 0.103. The molecule has 25 heavy (non-hydrogen) atoms. The van der Waals surface area contributed by atoms with E-state index in [1.165, 1.54) is 24.3 Å². The molecular formula is C15H16ClF3N2O4. The summed E-state index contributed by atoms with van der Waals surface area (Å²) in [6.45, 7) is 0.103. The fraction of sp³-hybridized carbons (Fsp3) is 0.400. The van der Waals surface area contributed by atoms with Crippen LogP contribution in [0.25, 0.3) is 0 Å². The van der Waals surface area contributed by atoms with Gasteiger partial charge in [0.05, 0.1) is 6.42 Å². The van der Waals surface area contributed by atoms with E-state index in [0.29, 0.717) is 10.6 Å². The zero-order valence-corrected chi connectivity index (χ0v) is 13.7. The first kappa shape index (κ1) is 20.8. The van der Waals surface area contributed by atoms with Crippen molar-refractivity contribution in [3.05, 3.63) is 34.9 Å². The van der Waals surface area contributed by atoms with Gasteiger partial charge in [-0.1, -0.05) is 11.6 Å². The van der Waals surface area contributed by atoms with Crippen molar-refractivity contribution < 1.29 is 32.7 Å². The van der Waals surface area contributed by atoms with Gasteiger partial charge in [0.15, 0.2) is 0 Å². The van der Waals surface area contributed by atoms with E-state index in [1.54, 1.807) is 0 Å². The molecule has 0 aliphatic rings. The van der Waals surface area contributed by atoms with Gasteiger partial charge in [-0.2, -0.15) is 13.2 Å². The van der Waals surface area contributed by atoms with E-state index in [2.05, 4.69) is 5.32 Å².